The normalized spacial score (nSPS) is 11.5. The van der Waals surface area contributed by atoms with Crippen LogP contribution >= 0.6 is 7.60 Å². The third-order valence-electron chi connectivity index (χ3n) is 4.89. The van der Waals surface area contributed by atoms with Crippen LogP contribution in [0.25, 0.3) is 11.3 Å². The zero-order valence-electron chi connectivity index (χ0n) is 18.7. The van der Waals surface area contributed by atoms with E-state index in [2.05, 4.69) is 10.5 Å². The molecule has 0 atom stereocenters. The van der Waals surface area contributed by atoms with Gasteiger partial charge in [0.05, 0.1) is 25.1 Å². The quantitative estimate of drug-likeness (QED) is 0.357. The summed E-state index contributed by atoms with van der Waals surface area (Å²) in [4.78, 5) is 12.5. The predicted molar refractivity (Wildman–Crippen MR) is 125 cm³/mol. The fraction of sp³-hybridized carbons (Fsp3) is 0.333. The van der Waals surface area contributed by atoms with Gasteiger partial charge in [-0.05, 0) is 44.9 Å². The Morgan fingerprint density at radius 3 is 2.31 bits per heavy atom. The Bertz CT molecular complexity index is 1050. The van der Waals surface area contributed by atoms with Gasteiger partial charge in [0.2, 0.25) is 5.91 Å². The molecular formula is C24H29N2O5P. The van der Waals surface area contributed by atoms with Crippen molar-refractivity contribution in [3.8, 4) is 11.3 Å². The molecule has 2 aromatic carbocycles. The van der Waals surface area contributed by atoms with Crippen LogP contribution in [0.3, 0.4) is 0 Å². The molecule has 1 heterocycles. The minimum Gasteiger partial charge on any atom is -0.356 e. The predicted octanol–water partition coefficient (Wildman–Crippen LogP) is 5.99. The molecular weight excluding hydrogens is 427 g/mol. The summed E-state index contributed by atoms with van der Waals surface area (Å²) in [5.74, 6) is 0.597. The lowest BCUT2D eigenvalue weighted by Gasteiger charge is -2.17. The lowest BCUT2D eigenvalue weighted by molar-refractivity contribution is -0.116. The Morgan fingerprint density at radius 2 is 1.69 bits per heavy atom. The van der Waals surface area contributed by atoms with Crippen LogP contribution in [0.4, 0.5) is 5.69 Å². The van der Waals surface area contributed by atoms with Gasteiger partial charge in [-0.15, -0.1) is 0 Å². The van der Waals surface area contributed by atoms with Crippen LogP contribution < -0.4 is 5.32 Å². The summed E-state index contributed by atoms with van der Waals surface area (Å²) in [7, 11) is -3.16. The van der Waals surface area contributed by atoms with Crippen molar-refractivity contribution < 1.29 is 22.9 Å². The molecule has 0 saturated heterocycles. The first-order valence-corrected chi connectivity index (χ1v) is 12.4. The number of aryl methyl sites for hydroxylation is 1. The third kappa shape index (κ3) is 6.39. The minimum atomic E-state index is -3.16. The van der Waals surface area contributed by atoms with E-state index in [0.717, 1.165) is 22.4 Å². The number of carbonyl (C=O) groups excluding carboxylic acids is 1. The van der Waals surface area contributed by atoms with E-state index >= 15 is 0 Å². The van der Waals surface area contributed by atoms with Gasteiger partial charge < -0.3 is 18.9 Å². The Morgan fingerprint density at radius 1 is 1.03 bits per heavy atom. The van der Waals surface area contributed by atoms with E-state index in [1.165, 1.54) is 0 Å². The summed E-state index contributed by atoms with van der Waals surface area (Å²) in [6, 6.07) is 16.9. The largest absolute Gasteiger partial charge is 0.356 e. The van der Waals surface area contributed by atoms with Crippen LogP contribution in [0.5, 0.6) is 0 Å². The average Bonchev–Trinajstić information content (AvgIpc) is 3.15. The minimum absolute atomic E-state index is 0.105. The Balaban J connectivity index is 1.58. The summed E-state index contributed by atoms with van der Waals surface area (Å²) in [5.41, 5.74) is 4.15. The van der Waals surface area contributed by atoms with Gasteiger partial charge in [0.25, 0.3) is 0 Å². The fourth-order valence-electron chi connectivity index (χ4n) is 3.40. The van der Waals surface area contributed by atoms with E-state index in [0.29, 0.717) is 37.5 Å². The highest BCUT2D eigenvalue weighted by atomic mass is 31.2. The number of carbonyl (C=O) groups is 1. The summed E-state index contributed by atoms with van der Waals surface area (Å²) < 4.78 is 28.8. The Labute approximate surface area is 188 Å². The van der Waals surface area contributed by atoms with Crippen molar-refractivity contribution in [2.75, 3.05) is 18.5 Å². The van der Waals surface area contributed by atoms with Crippen molar-refractivity contribution in [3.63, 3.8) is 0 Å². The van der Waals surface area contributed by atoms with Crippen LogP contribution in [-0.2, 0) is 31.0 Å². The molecule has 0 saturated carbocycles. The molecule has 0 bridgehead atoms. The number of aromatic nitrogens is 1. The molecule has 0 unspecified atom stereocenters. The summed E-state index contributed by atoms with van der Waals surface area (Å²) in [5, 5.41) is 6.97. The first-order chi connectivity index (χ1) is 15.4. The van der Waals surface area contributed by atoms with Crippen LogP contribution in [-0.4, -0.2) is 24.3 Å². The number of rotatable bonds is 11. The molecule has 7 nitrogen and oxygen atoms in total. The lowest BCUT2D eigenvalue weighted by Crippen LogP contribution is -2.12. The lowest BCUT2D eigenvalue weighted by atomic mass is 10.0. The van der Waals surface area contributed by atoms with Gasteiger partial charge in [-0.1, -0.05) is 47.6 Å². The standard InChI is InChI=1S/C24H29N2O5P/c1-4-29-32(28,30-5-2)17-19-11-13-21(14-12-19)25-23(27)16-15-22-18(3)26-31-24(22)20-9-7-6-8-10-20/h6-14H,4-5,15-17H2,1-3H3,(H,25,27). The molecule has 1 aromatic heterocycles. The van der Waals surface area contributed by atoms with Gasteiger partial charge in [0.15, 0.2) is 5.76 Å². The molecule has 0 radical (unpaired) electrons. The van der Waals surface area contributed by atoms with Crippen LogP contribution in [0, 0.1) is 6.92 Å². The summed E-state index contributed by atoms with van der Waals surface area (Å²) in [6.45, 7) is 6.10. The number of amides is 1. The third-order valence-corrected chi connectivity index (χ3v) is 6.94. The second-order valence-corrected chi connectivity index (χ2v) is 9.35. The molecule has 1 N–H and O–H groups in total. The van der Waals surface area contributed by atoms with E-state index in [9.17, 15) is 9.36 Å². The number of nitrogens with zero attached hydrogens (tertiary/aromatic N) is 1. The zero-order chi connectivity index (χ0) is 23.0. The van der Waals surface area contributed by atoms with Crippen molar-refractivity contribution >= 4 is 19.2 Å². The van der Waals surface area contributed by atoms with Gasteiger partial charge in [-0.25, -0.2) is 0 Å². The van der Waals surface area contributed by atoms with Crippen molar-refractivity contribution in [2.45, 2.75) is 39.8 Å². The second-order valence-electron chi connectivity index (χ2n) is 7.29. The number of benzene rings is 2. The highest BCUT2D eigenvalue weighted by molar-refractivity contribution is 7.53. The van der Waals surface area contributed by atoms with E-state index in [1.807, 2.05) is 49.4 Å². The van der Waals surface area contributed by atoms with Crippen molar-refractivity contribution in [1.82, 2.24) is 5.16 Å². The number of hydrogen-bond donors (Lipinski definition) is 1. The summed E-state index contributed by atoms with van der Waals surface area (Å²) in [6.07, 6.45) is 1.01. The first kappa shape index (κ1) is 23.9. The van der Waals surface area contributed by atoms with E-state index in [1.54, 1.807) is 26.0 Å². The number of anilines is 1. The first-order valence-electron chi connectivity index (χ1n) is 10.7. The molecule has 32 heavy (non-hydrogen) atoms. The maximum Gasteiger partial charge on any atom is 0.335 e. The highest BCUT2D eigenvalue weighted by Gasteiger charge is 2.24. The number of nitrogens with one attached hydrogen (secondary N) is 1. The molecule has 3 aromatic rings. The smallest absolute Gasteiger partial charge is 0.335 e. The molecule has 0 aliphatic rings. The van der Waals surface area contributed by atoms with E-state index in [4.69, 9.17) is 13.6 Å². The Kier molecular flexibility index (Phi) is 8.39. The average molecular weight is 456 g/mol. The van der Waals surface area contributed by atoms with Gasteiger partial charge in [0.1, 0.15) is 0 Å². The van der Waals surface area contributed by atoms with Gasteiger partial charge >= 0.3 is 7.60 Å². The monoisotopic (exact) mass is 456 g/mol. The molecule has 0 aliphatic carbocycles. The SMILES string of the molecule is CCOP(=O)(Cc1ccc(NC(=O)CCc2c(C)noc2-c2ccccc2)cc1)OCC. The van der Waals surface area contributed by atoms with Crippen LogP contribution in [0.2, 0.25) is 0 Å². The molecule has 3 rings (SSSR count). The molecule has 0 fully saturated rings. The van der Waals surface area contributed by atoms with Crippen LogP contribution in [0.1, 0.15) is 37.1 Å². The fourth-order valence-corrected chi connectivity index (χ4v) is 5.10. The van der Waals surface area contributed by atoms with Crippen LogP contribution in [0.15, 0.2) is 59.1 Å². The van der Waals surface area contributed by atoms with Gasteiger partial charge in [0, 0.05) is 23.2 Å². The molecule has 0 aliphatic heterocycles. The topological polar surface area (TPSA) is 90.7 Å². The molecule has 0 spiro atoms. The maximum absolute atomic E-state index is 12.7. The van der Waals surface area contributed by atoms with Gasteiger partial charge in [-0.3, -0.25) is 9.36 Å². The zero-order valence-corrected chi connectivity index (χ0v) is 19.6. The molecule has 1 amide bonds. The van der Waals surface area contributed by atoms with Crippen molar-refractivity contribution in [3.05, 3.63) is 71.4 Å². The summed E-state index contributed by atoms with van der Waals surface area (Å²) >= 11 is 0. The maximum atomic E-state index is 12.7. The van der Waals surface area contributed by atoms with Crippen molar-refractivity contribution in [2.24, 2.45) is 0 Å². The highest BCUT2D eigenvalue weighted by Crippen LogP contribution is 2.51. The molecule has 8 heteroatoms. The van der Waals surface area contributed by atoms with E-state index in [-0.39, 0.29) is 12.1 Å². The molecule has 170 valence electrons. The van der Waals surface area contributed by atoms with E-state index < -0.39 is 7.60 Å². The Hall–Kier alpha value is -2.73. The second kappa shape index (κ2) is 11.2. The number of hydrogen-bond acceptors (Lipinski definition) is 6. The van der Waals surface area contributed by atoms with Crippen molar-refractivity contribution in [1.29, 1.82) is 0 Å². The van der Waals surface area contributed by atoms with Gasteiger partial charge in [-0.2, -0.15) is 0 Å².